The van der Waals surface area contributed by atoms with Gasteiger partial charge in [0, 0.05) is 43.5 Å². The van der Waals surface area contributed by atoms with Crippen molar-refractivity contribution in [1.82, 2.24) is 0 Å². The maximum absolute atomic E-state index is 5.94. The van der Waals surface area contributed by atoms with Gasteiger partial charge in [-0.15, -0.1) is 0 Å². The van der Waals surface area contributed by atoms with Crippen molar-refractivity contribution in [2.75, 3.05) is 64.0 Å². The van der Waals surface area contributed by atoms with Gasteiger partial charge in [0.1, 0.15) is 6.04 Å². The molecular formula is C21H36N4+2. The van der Waals surface area contributed by atoms with E-state index in [1.807, 2.05) is 0 Å². The van der Waals surface area contributed by atoms with Crippen molar-refractivity contribution >= 4 is 11.4 Å². The van der Waals surface area contributed by atoms with E-state index in [-0.39, 0.29) is 0 Å². The van der Waals surface area contributed by atoms with Gasteiger partial charge in [-0.25, -0.2) is 0 Å². The minimum absolute atomic E-state index is 0.673. The number of nitrogens with two attached hydrogens (primary N) is 1. The highest BCUT2D eigenvalue weighted by Crippen LogP contribution is 2.35. The van der Waals surface area contributed by atoms with E-state index < -0.39 is 0 Å². The number of likely N-dealkylation sites (N-methyl/N-ethyl adjacent to an activating group) is 2. The van der Waals surface area contributed by atoms with Crippen molar-refractivity contribution in [2.24, 2.45) is 0 Å². The highest BCUT2D eigenvalue weighted by molar-refractivity contribution is 5.54. The van der Waals surface area contributed by atoms with Crippen LogP contribution in [0.1, 0.15) is 32.1 Å². The second kappa shape index (κ2) is 6.48. The first-order valence-corrected chi connectivity index (χ1v) is 10.3. The lowest BCUT2D eigenvalue weighted by Gasteiger charge is -2.35. The van der Waals surface area contributed by atoms with Crippen molar-refractivity contribution in [3.05, 3.63) is 24.3 Å². The summed E-state index contributed by atoms with van der Waals surface area (Å²) in [4.78, 5) is 2.72. The molecule has 4 nitrogen and oxygen atoms in total. The highest BCUT2D eigenvalue weighted by atomic mass is 15.4. The van der Waals surface area contributed by atoms with Gasteiger partial charge < -0.3 is 19.6 Å². The summed E-state index contributed by atoms with van der Waals surface area (Å²) < 4.78 is 2.57. The molecule has 3 aliphatic rings. The number of anilines is 2. The summed E-state index contributed by atoms with van der Waals surface area (Å²) in [5.74, 6) is 0. The average molecular weight is 345 g/mol. The molecule has 4 rings (SSSR count). The Hall–Kier alpha value is -1.26. The van der Waals surface area contributed by atoms with Crippen LogP contribution in [0.5, 0.6) is 0 Å². The van der Waals surface area contributed by atoms with E-state index in [1.54, 1.807) is 0 Å². The first-order chi connectivity index (χ1) is 12.0. The second-order valence-corrected chi connectivity index (χ2v) is 9.38. The predicted molar refractivity (Wildman–Crippen MR) is 106 cm³/mol. The van der Waals surface area contributed by atoms with Crippen LogP contribution in [0, 0.1) is 0 Å². The third-order valence-corrected chi connectivity index (χ3v) is 7.38. The summed E-state index contributed by atoms with van der Waals surface area (Å²) in [6.45, 7) is 8.00. The summed E-state index contributed by atoms with van der Waals surface area (Å²) in [6, 6.07) is 10.1. The summed E-state index contributed by atoms with van der Waals surface area (Å²) in [6.07, 6.45) is 6.99. The number of hydrogen-bond donors (Lipinski definition) is 1. The third-order valence-electron chi connectivity index (χ3n) is 7.38. The molecule has 2 N–H and O–H groups in total. The average Bonchev–Trinajstić information content (AvgIpc) is 3.30. The SMILES string of the molecule is C[N+]1(CC2CC([N+]3(C)CCCC3)CN2c2ccc(N)cc2)CCCC1. The van der Waals surface area contributed by atoms with E-state index in [0.717, 1.165) is 11.7 Å². The molecule has 0 spiro atoms. The minimum Gasteiger partial charge on any atom is -0.399 e. The van der Waals surface area contributed by atoms with E-state index in [1.165, 1.54) is 86.0 Å². The molecular weight excluding hydrogens is 308 g/mol. The van der Waals surface area contributed by atoms with Gasteiger partial charge in [-0.2, -0.15) is 0 Å². The molecule has 0 aliphatic carbocycles. The Balaban J connectivity index is 1.57. The Bertz CT molecular complexity index is 584. The number of rotatable bonds is 4. The first-order valence-electron chi connectivity index (χ1n) is 10.3. The van der Waals surface area contributed by atoms with E-state index in [0.29, 0.717) is 6.04 Å². The Morgan fingerprint density at radius 2 is 1.56 bits per heavy atom. The van der Waals surface area contributed by atoms with Gasteiger partial charge >= 0.3 is 0 Å². The summed E-state index contributed by atoms with van der Waals surface area (Å²) in [7, 11) is 4.99. The number of nitrogen functional groups attached to an aromatic ring is 1. The number of hydrogen-bond acceptors (Lipinski definition) is 2. The number of likely N-dealkylation sites (tertiary alicyclic amines) is 2. The molecule has 3 aliphatic heterocycles. The van der Waals surface area contributed by atoms with E-state index >= 15 is 0 Å². The summed E-state index contributed by atoms with van der Waals surface area (Å²) >= 11 is 0. The monoisotopic (exact) mass is 344 g/mol. The molecule has 1 aromatic carbocycles. The Morgan fingerprint density at radius 1 is 0.960 bits per heavy atom. The fourth-order valence-electron chi connectivity index (χ4n) is 5.71. The molecule has 0 aromatic heterocycles. The molecule has 0 bridgehead atoms. The van der Waals surface area contributed by atoms with Crippen molar-refractivity contribution in [1.29, 1.82) is 0 Å². The van der Waals surface area contributed by atoms with Crippen LogP contribution in [0.15, 0.2) is 24.3 Å². The molecule has 3 saturated heterocycles. The Morgan fingerprint density at radius 3 is 2.20 bits per heavy atom. The number of nitrogens with zero attached hydrogens (tertiary/aromatic N) is 3. The minimum atomic E-state index is 0.673. The van der Waals surface area contributed by atoms with Crippen molar-refractivity contribution < 1.29 is 8.97 Å². The third kappa shape index (κ3) is 3.39. The summed E-state index contributed by atoms with van der Waals surface area (Å²) in [5, 5.41) is 0. The van der Waals surface area contributed by atoms with Crippen LogP contribution >= 0.6 is 0 Å². The largest absolute Gasteiger partial charge is 0.399 e. The molecule has 0 saturated carbocycles. The lowest BCUT2D eigenvalue weighted by molar-refractivity contribution is -0.920. The van der Waals surface area contributed by atoms with Crippen LogP contribution in [0.25, 0.3) is 0 Å². The normalized spacial score (nSPS) is 30.9. The second-order valence-electron chi connectivity index (χ2n) is 9.38. The van der Waals surface area contributed by atoms with Gasteiger partial charge in [0.15, 0.2) is 0 Å². The van der Waals surface area contributed by atoms with Crippen LogP contribution in [0.2, 0.25) is 0 Å². The Labute approximate surface area is 153 Å². The van der Waals surface area contributed by atoms with Gasteiger partial charge in [-0.3, -0.25) is 0 Å². The predicted octanol–water partition coefficient (Wildman–Crippen LogP) is 2.70. The molecule has 1 aromatic rings. The van der Waals surface area contributed by atoms with Crippen molar-refractivity contribution in [3.8, 4) is 0 Å². The molecule has 3 fully saturated rings. The van der Waals surface area contributed by atoms with Gasteiger partial charge in [-0.1, -0.05) is 0 Å². The fourth-order valence-corrected chi connectivity index (χ4v) is 5.71. The van der Waals surface area contributed by atoms with E-state index in [9.17, 15) is 0 Å². The lowest BCUT2D eigenvalue weighted by atomic mass is 10.1. The smallest absolute Gasteiger partial charge is 0.109 e. The van der Waals surface area contributed by atoms with Gasteiger partial charge in [0.2, 0.25) is 0 Å². The number of quaternary nitrogens is 2. The van der Waals surface area contributed by atoms with Crippen molar-refractivity contribution in [3.63, 3.8) is 0 Å². The Kier molecular flexibility index (Phi) is 4.45. The molecule has 138 valence electrons. The van der Waals surface area contributed by atoms with Crippen LogP contribution < -0.4 is 10.6 Å². The standard InChI is InChI=1S/C21H36N4/c1-24(11-3-4-12-24)17-20-15-21(25(2)13-5-6-14-25)16-23(20)19-9-7-18(22)8-10-19/h7-10,20-21H,3-6,11-17,22H2,1-2H3/q+2. The maximum Gasteiger partial charge on any atom is 0.109 e. The highest BCUT2D eigenvalue weighted by Gasteiger charge is 2.47. The van der Waals surface area contributed by atoms with Crippen LogP contribution in [0.3, 0.4) is 0 Å². The zero-order valence-electron chi connectivity index (χ0n) is 16.2. The molecule has 2 unspecified atom stereocenters. The molecule has 25 heavy (non-hydrogen) atoms. The first kappa shape index (κ1) is 17.2. The quantitative estimate of drug-likeness (QED) is 0.672. The molecule has 4 heteroatoms. The molecule has 0 amide bonds. The molecule has 2 atom stereocenters. The molecule has 0 radical (unpaired) electrons. The van der Waals surface area contributed by atoms with Gasteiger partial charge in [-0.05, 0) is 24.3 Å². The zero-order chi connectivity index (χ0) is 17.5. The lowest BCUT2D eigenvalue weighted by Crippen LogP contribution is -2.51. The molecule has 3 heterocycles. The van der Waals surface area contributed by atoms with Crippen molar-refractivity contribution in [2.45, 2.75) is 44.2 Å². The van der Waals surface area contributed by atoms with E-state index in [4.69, 9.17) is 5.73 Å². The van der Waals surface area contributed by atoms with Crippen LogP contribution in [-0.4, -0.2) is 74.4 Å². The van der Waals surface area contributed by atoms with Gasteiger partial charge in [0.25, 0.3) is 0 Å². The topological polar surface area (TPSA) is 29.3 Å². The van der Waals surface area contributed by atoms with Gasteiger partial charge in [0.05, 0.1) is 59.4 Å². The number of benzene rings is 1. The van der Waals surface area contributed by atoms with Crippen LogP contribution in [-0.2, 0) is 0 Å². The zero-order valence-corrected chi connectivity index (χ0v) is 16.2. The maximum atomic E-state index is 5.94. The fraction of sp³-hybridized carbons (Fsp3) is 0.714. The van der Waals surface area contributed by atoms with E-state index in [2.05, 4.69) is 43.3 Å². The van der Waals surface area contributed by atoms with Crippen LogP contribution in [0.4, 0.5) is 11.4 Å². The summed E-state index contributed by atoms with van der Waals surface area (Å²) in [5.41, 5.74) is 8.18.